The fraction of sp³-hybridized carbons (Fsp3) is 0.222. The van der Waals surface area contributed by atoms with Crippen LogP contribution in [-0.2, 0) is 14.3 Å². The smallest absolute Gasteiger partial charge is 0.347 e. The van der Waals surface area contributed by atoms with Gasteiger partial charge in [0.1, 0.15) is 11.5 Å². The summed E-state index contributed by atoms with van der Waals surface area (Å²) in [4.78, 5) is 23.9. The van der Waals surface area contributed by atoms with Crippen molar-refractivity contribution in [3.05, 3.63) is 52.5 Å². The molecule has 0 aliphatic rings. The largest absolute Gasteiger partial charge is 0.495 e. The molecule has 2 aromatic carbocycles. The van der Waals surface area contributed by atoms with Crippen molar-refractivity contribution in [1.29, 1.82) is 0 Å². The number of nitrogens with one attached hydrogen (secondary N) is 1. The lowest BCUT2D eigenvalue weighted by Crippen LogP contribution is -2.29. The van der Waals surface area contributed by atoms with Gasteiger partial charge >= 0.3 is 5.97 Å². The summed E-state index contributed by atoms with van der Waals surface area (Å²) in [7, 11) is 1.47. The Kier molecular flexibility index (Phi) is 7.12. The number of rotatable bonds is 7. The van der Waals surface area contributed by atoms with E-state index in [0.29, 0.717) is 27.2 Å². The van der Waals surface area contributed by atoms with E-state index in [9.17, 15) is 9.59 Å². The molecule has 0 radical (unpaired) electrons. The molecule has 0 saturated carbocycles. The quantitative estimate of drug-likeness (QED) is 0.715. The van der Waals surface area contributed by atoms with Gasteiger partial charge in [-0.1, -0.05) is 23.2 Å². The van der Waals surface area contributed by atoms with Gasteiger partial charge in [-0.3, -0.25) is 4.79 Å². The molecule has 0 heterocycles. The monoisotopic (exact) mass is 397 g/mol. The summed E-state index contributed by atoms with van der Waals surface area (Å²) >= 11 is 11.7. The Balaban J connectivity index is 1.85. The van der Waals surface area contributed by atoms with E-state index in [4.69, 9.17) is 37.4 Å². The molecule has 0 fully saturated rings. The van der Waals surface area contributed by atoms with Gasteiger partial charge in [0.2, 0.25) is 0 Å². The van der Waals surface area contributed by atoms with Crippen LogP contribution >= 0.6 is 23.2 Å². The average Bonchev–Trinajstić information content (AvgIpc) is 2.61. The Hall–Kier alpha value is -2.44. The van der Waals surface area contributed by atoms with E-state index in [1.807, 2.05) is 0 Å². The number of anilines is 1. The maximum absolute atomic E-state index is 12.0. The highest BCUT2D eigenvalue weighted by Gasteiger charge is 2.18. The summed E-state index contributed by atoms with van der Waals surface area (Å²) in [6.45, 7) is 1.05. The minimum Gasteiger partial charge on any atom is -0.495 e. The van der Waals surface area contributed by atoms with E-state index in [1.165, 1.54) is 20.1 Å². The third kappa shape index (κ3) is 5.82. The first-order valence-corrected chi connectivity index (χ1v) is 8.37. The molecule has 8 heteroatoms. The van der Waals surface area contributed by atoms with Crippen LogP contribution in [0.2, 0.25) is 10.0 Å². The number of hydrogen-bond donors (Lipinski definition) is 1. The molecule has 138 valence electrons. The molecule has 0 spiro atoms. The summed E-state index contributed by atoms with van der Waals surface area (Å²) in [5.74, 6) is -0.300. The van der Waals surface area contributed by atoms with Crippen molar-refractivity contribution >= 4 is 40.8 Å². The Labute approximate surface area is 160 Å². The van der Waals surface area contributed by atoms with Crippen LogP contribution in [0.4, 0.5) is 5.69 Å². The molecule has 0 unspecified atom stereocenters. The number of benzene rings is 2. The highest BCUT2D eigenvalue weighted by Crippen LogP contribution is 2.27. The molecule has 0 aromatic heterocycles. The molecule has 1 atom stereocenters. The molecule has 0 bridgehead atoms. The normalized spacial score (nSPS) is 11.4. The summed E-state index contributed by atoms with van der Waals surface area (Å²) in [5, 5.41) is 3.56. The van der Waals surface area contributed by atoms with Gasteiger partial charge in [-0.15, -0.1) is 0 Å². The average molecular weight is 398 g/mol. The zero-order valence-electron chi connectivity index (χ0n) is 14.1. The summed E-state index contributed by atoms with van der Waals surface area (Å²) in [6, 6.07) is 11.3. The minimum absolute atomic E-state index is 0.381. The molecule has 0 aliphatic heterocycles. The first-order valence-electron chi connectivity index (χ1n) is 7.61. The molecule has 2 rings (SSSR count). The summed E-state index contributed by atoms with van der Waals surface area (Å²) < 4.78 is 15.5. The van der Waals surface area contributed by atoms with Crippen LogP contribution in [0, 0.1) is 0 Å². The molecule has 0 aliphatic carbocycles. The van der Waals surface area contributed by atoms with Gasteiger partial charge in [0.15, 0.2) is 12.7 Å². The highest BCUT2D eigenvalue weighted by atomic mass is 35.5. The van der Waals surface area contributed by atoms with Crippen LogP contribution in [0.1, 0.15) is 6.92 Å². The lowest BCUT2D eigenvalue weighted by atomic mass is 10.3. The van der Waals surface area contributed by atoms with Crippen molar-refractivity contribution in [3.63, 3.8) is 0 Å². The Morgan fingerprint density at radius 2 is 1.73 bits per heavy atom. The lowest BCUT2D eigenvalue weighted by molar-refractivity contribution is -0.153. The molecule has 6 nitrogen and oxygen atoms in total. The fourth-order valence-electron chi connectivity index (χ4n) is 1.98. The highest BCUT2D eigenvalue weighted by molar-refractivity contribution is 6.31. The SMILES string of the molecule is COc1ccc(Cl)cc1NC(=O)COC(=O)[C@H](C)Oc1ccc(Cl)cc1. The van der Waals surface area contributed by atoms with E-state index >= 15 is 0 Å². The van der Waals surface area contributed by atoms with Gasteiger partial charge in [-0.05, 0) is 49.4 Å². The van der Waals surface area contributed by atoms with Gasteiger partial charge in [0.05, 0.1) is 12.8 Å². The van der Waals surface area contributed by atoms with E-state index in [-0.39, 0.29) is 0 Å². The number of carbonyl (C=O) groups excluding carboxylic acids is 2. The molecule has 2 aromatic rings. The zero-order valence-corrected chi connectivity index (χ0v) is 15.6. The lowest BCUT2D eigenvalue weighted by Gasteiger charge is -2.14. The predicted molar refractivity (Wildman–Crippen MR) is 99.1 cm³/mol. The second-order valence-electron chi connectivity index (χ2n) is 5.21. The number of methoxy groups -OCH3 is 1. The van der Waals surface area contributed by atoms with E-state index in [1.54, 1.807) is 36.4 Å². The van der Waals surface area contributed by atoms with E-state index in [0.717, 1.165) is 0 Å². The van der Waals surface area contributed by atoms with Crippen molar-refractivity contribution in [3.8, 4) is 11.5 Å². The van der Waals surface area contributed by atoms with Crippen LogP contribution in [0.3, 0.4) is 0 Å². The molecule has 0 saturated heterocycles. The number of halogens is 2. The molecule has 26 heavy (non-hydrogen) atoms. The van der Waals surface area contributed by atoms with Crippen molar-refractivity contribution in [1.82, 2.24) is 0 Å². The number of esters is 1. The van der Waals surface area contributed by atoms with Gasteiger partial charge in [-0.2, -0.15) is 0 Å². The second-order valence-corrected chi connectivity index (χ2v) is 6.09. The van der Waals surface area contributed by atoms with Crippen LogP contribution in [0.15, 0.2) is 42.5 Å². The van der Waals surface area contributed by atoms with Crippen molar-refractivity contribution < 1.29 is 23.8 Å². The molecule has 1 N–H and O–H groups in total. The van der Waals surface area contributed by atoms with Crippen LogP contribution in [0.25, 0.3) is 0 Å². The van der Waals surface area contributed by atoms with E-state index in [2.05, 4.69) is 5.32 Å². The van der Waals surface area contributed by atoms with Gasteiger partial charge in [0, 0.05) is 10.0 Å². The van der Waals surface area contributed by atoms with Gasteiger partial charge in [0.25, 0.3) is 5.91 Å². The van der Waals surface area contributed by atoms with Crippen molar-refractivity contribution in [2.75, 3.05) is 19.0 Å². The first-order chi connectivity index (χ1) is 12.4. The Bertz CT molecular complexity index is 780. The number of carbonyl (C=O) groups is 2. The number of ether oxygens (including phenoxy) is 3. The van der Waals surface area contributed by atoms with Gasteiger partial charge < -0.3 is 19.5 Å². The van der Waals surface area contributed by atoms with Crippen molar-refractivity contribution in [2.24, 2.45) is 0 Å². The molecule has 1 amide bonds. The third-order valence-electron chi connectivity index (χ3n) is 3.24. The van der Waals surface area contributed by atoms with Crippen LogP contribution in [0.5, 0.6) is 11.5 Å². The van der Waals surface area contributed by atoms with Crippen molar-refractivity contribution in [2.45, 2.75) is 13.0 Å². The summed E-state index contributed by atoms with van der Waals surface area (Å²) in [5.41, 5.74) is 0.381. The standard InChI is InChI=1S/C18H17Cl2NO5/c1-11(26-14-6-3-12(19)4-7-14)18(23)25-10-17(22)21-15-9-13(20)5-8-16(15)24-2/h3-9,11H,10H2,1-2H3,(H,21,22)/t11-/m0/s1. The Morgan fingerprint density at radius 3 is 2.38 bits per heavy atom. The Morgan fingerprint density at radius 1 is 1.08 bits per heavy atom. The molecular weight excluding hydrogens is 381 g/mol. The van der Waals surface area contributed by atoms with Crippen LogP contribution in [-0.4, -0.2) is 31.7 Å². The third-order valence-corrected chi connectivity index (χ3v) is 3.73. The first kappa shape index (κ1) is 19.9. The topological polar surface area (TPSA) is 73.9 Å². The van der Waals surface area contributed by atoms with Crippen LogP contribution < -0.4 is 14.8 Å². The maximum Gasteiger partial charge on any atom is 0.347 e. The minimum atomic E-state index is -0.885. The zero-order chi connectivity index (χ0) is 19.1. The number of hydrogen-bond acceptors (Lipinski definition) is 5. The molecular formula is C18H17Cl2NO5. The summed E-state index contributed by atoms with van der Waals surface area (Å²) in [6.07, 6.45) is -0.885. The van der Waals surface area contributed by atoms with E-state index < -0.39 is 24.6 Å². The second kappa shape index (κ2) is 9.31. The predicted octanol–water partition coefficient (Wildman–Crippen LogP) is 3.95. The fourth-order valence-corrected chi connectivity index (χ4v) is 2.28. The maximum atomic E-state index is 12.0. The number of amides is 1. The van der Waals surface area contributed by atoms with Gasteiger partial charge in [-0.25, -0.2) is 4.79 Å².